The van der Waals surface area contributed by atoms with Crippen LogP contribution in [0.15, 0.2) is 12.3 Å². The van der Waals surface area contributed by atoms with E-state index in [9.17, 15) is 13.2 Å². The lowest BCUT2D eigenvalue weighted by molar-refractivity contribution is -0.144. The largest absolute Gasteiger partial charge is 0.391 e. The Morgan fingerprint density at radius 2 is 2.14 bits per heavy atom. The fourth-order valence-corrected chi connectivity index (χ4v) is 1.93. The van der Waals surface area contributed by atoms with Crippen LogP contribution in [-0.4, -0.2) is 23.7 Å². The van der Waals surface area contributed by atoms with E-state index in [4.69, 9.17) is 0 Å². The maximum absolute atomic E-state index is 12.2. The van der Waals surface area contributed by atoms with Crippen molar-refractivity contribution < 1.29 is 13.2 Å². The Labute approximate surface area is 82.6 Å². The van der Waals surface area contributed by atoms with Crippen molar-refractivity contribution in [2.24, 2.45) is 0 Å². The van der Waals surface area contributed by atoms with E-state index in [1.165, 1.54) is 0 Å². The molecule has 1 rings (SSSR count). The Hall–Kier alpha value is -0.670. The summed E-state index contributed by atoms with van der Waals surface area (Å²) in [4.78, 5) is 1.81. The Morgan fingerprint density at radius 1 is 1.50 bits per heavy atom. The molecular formula is C10H16F3N. The van der Waals surface area contributed by atoms with E-state index in [1.54, 1.807) is 0 Å². The number of halogens is 3. The molecule has 1 heterocycles. The molecule has 1 saturated heterocycles. The maximum Gasteiger partial charge on any atom is 0.391 e. The van der Waals surface area contributed by atoms with Gasteiger partial charge in [0.1, 0.15) is 0 Å². The highest BCUT2D eigenvalue weighted by molar-refractivity contribution is 4.99. The van der Waals surface area contributed by atoms with E-state index in [0.29, 0.717) is 6.42 Å². The molecule has 0 N–H and O–H groups in total. The number of hydrogen-bond acceptors (Lipinski definition) is 1. The van der Waals surface area contributed by atoms with Gasteiger partial charge in [-0.2, -0.15) is 13.2 Å². The first-order valence-electron chi connectivity index (χ1n) is 4.95. The molecule has 0 unspecified atom stereocenters. The van der Waals surface area contributed by atoms with E-state index < -0.39 is 12.6 Å². The van der Waals surface area contributed by atoms with E-state index in [1.807, 2.05) is 11.8 Å². The van der Waals surface area contributed by atoms with E-state index in [2.05, 4.69) is 6.58 Å². The highest BCUT2D eigenvalue weighted by atomic mass is 19.4. The molecule has 0 amide bonds. The predicted octanol–water partition coefficient (Wildman–Crippen LogP) is 3.33. The molecule has 0 aromatic heterocycles. The summed E-state index contributed by atoms with van der Waals surface area (Å²) in [5.74, 6) is 0. The average Bonchev–Trinajstić information content (AvgIpc) is 2.48. The van der Waals surface area contributed by atoms with Gasteiger partial charge in [0.2, 0.25) is 0 Å². The van der Waals surface area contributed by atoms with Crippen LogP contribution in [0.2, 0.25) is 0 Å². The Morgan fingerprint density at radius 3 is 2.64 bits per heavy atom. The molecule has 0 aliphatic carbocycles. The normalized spacial score (nSPS) is 22.9. The van der Waals surface area contributed by atoms with Crippen LogP contribution in [-0.2, 0) is 0 Å². The van der Waals surface area contributed by atoms with Crippen molar-refractivity contribution in [3.05, 3.63) is 12.3 Å². The van der Waals surface area contributed by atoms with Gasteiger partial charge in [-0.25, -0.2) is 0 Å². The first-order valence-corrected chi connectivity index (χ1v) is 4.95. The van der Waals surface area contributed by atoms with E-state index in [-0.39, 0.29) is 6.04 Å². The molecular weight excluding hydrogens is 191 g/mol. The van der Waals surface area contributed by atoms with Crippen LogP contribution in [0.4, 0.5) is 13.2 Å². The second-order valence-corrected chi connectivity index (χ2v) is 3.73. The van der Waals surface area contributed by atoms with Crippen LogP contribution in [0.5, 0.6) is 0 Å². The van der Waals surface area contributed by atoms with Gasteiger partial charge in [-0.15, -0.1) is 0 Å². The molecule has 1 nitrogen and oxygen atoms in total. The summed E-state index contributed by atoms with van der Waals surface area (Å²) in [6, 6.07) is -0.373. The van der Waals surface area contributed by atoms with E-state index >= 15 is 0 Å². The molecule has 1 atom stereocenters. The molecule has 0 bridgehead atoms. The topological polar surface area (TPSA) is 3.24 Å². The van der Waals surface area contributed by atoms with Crippen molar-refractivity contribution in [1.82, 2.24) is 4.90 Å². The van der Waals surface area contributed by atoms with Crippen LogP contribution < -0.4 is 0 Å². The van der Waals surface area contributed by atoms with Crippen molar-refractivity contribution in [2.45, 2.75) is 44.8 Å². The third-order valence-electron chi connectivity index (χ3n) is 2.66. The molecule has 4 heteroatoms. The second-order valence-electron chi connectivity index (χ2n) is 3.73. The predicted molar refractivity (Wildman–Crippen MR) is 49.8 cm³/mol. The third kappa shape index (κ3) is 2.93. The minimum absolute atomic E-state index is 0.373. The van der Waals surface area contributed by atoms with Gasteiger partial charge < -0.3 is 4.90 Å². The maximum atomic E-state index is 12.2. The van der Waals surface area contributed by atoms with Crippen molar-refractivity contribution in [2.75, 3.05) is 6.54 Å². The summed E-state index contributed by atoms with van der Waals surface area (Å²) in [6.07, 6.45) is -2.54. The zero-order valence-corrected chi connectivity index (χ0v) is 8.40. The number of likely N-dealkylation sites (tertiary alicyclic amines) is 1. The lowest BCUT2D eigenvalue weighted by Gasteiger charge is -2.28. The van der Waals surface area contributed by atoms with Gasteiger partial charge in [-0.3, -0.25) is 0 Å². The molecule has 82 valence electrons. The number of nitrogens with zero attached hydrogens (tertiary/aromatic N) is 1. The smallest absolute Gasteiger partial charge is 0.372 e. The van der Waals surface area contributed by atoms with Gasteiger partial charge in [0, 0.05) is 18.3 Å². The Balaban J connectivity index is 2.56. The van der Waals surface area contributed by atoms with Gasteiger partial charge in [0.05, 0.1) is 6.42 Å². The van der Waals surface area contributed by atoms with Crippen LogP contribution >= 0.6 is 0 Å². The van der Waals surface area contributed by atoms with Crippen LogP contribution in [0.25, 0.3) is 0 Å². The number of allylic oxidation sites excluding steroid dienone is 1. The zero-order valence-electron chi connectivity index (χ0n) is 8.40. The van der Waals surface area contributed by atoms with Crippen molar-refractivity contribution in [3.8, 4) is 0 Å². The molecule has 1 aliphatic heterocycles. The van der Waals surface area contributed by atoms with Gasteiger partial charge in [0.25, 0.3) is 0 Å². The minimum atomic E-state index is -4.05. The van der Waals surface area contributed by atoms with Crippen LogP contribution in [0.1, 0.15) is 32.6 Å². The molecule has 0 saturated carbocycles. The molecule has 0 spiro atoms. The highest BCUT2D eigenvalue weighted by Crippen LogP contribution is 2.32. The number of alkyl halides is 3. The summed E-state index contributed by atoms with van der Waals surface area (Å²) in [6.45, 7) is 6.45. The first kappa shape index (κ1) is 11.4. The SMILES string of the molecule is C=C(CC)N1CCC[C@@H]1CC(F)(F)F. The fourth-order valence-electron chi connectivity index (χ4n) is 1.93. The summed E-state index contributed by atoms with van der Waals surface area (Å²) in [5, 5.41) is 0. The zero-order chi connectivity index (χ0) is 10.8. The summed E-state index contributed by atoms with van der Waals surface area (Å²) in [5.41, 5.74) is 0.830. The van der Waals surface area contributed by atoms with Crippen molar-refractivity contribution in [1.29, 1.82) is 0 Å². The molecule has 14 heavy (non-hydrogen) atoms. The number of rotatable bonds is 3. The van der Waals surface area contributed by atoms with Crippen molar-refractivity contribution in [3.63, 3.8) is 0 Å². The van der Waals surface area contributed by atoms with Crippen LogP contribution in [0.3, 0.4) is 0 Å². The Bertz CT molecular complexity index is 210. The minimum Gasteiger partial charge on any atom is -0.372 e. The molecule has 0 radical (unpaired) electrons. The average molecular weight is 207 g/mol. The Kier molecular flexibility index (Phi) is 3.45. The third-order valence-corrected chi connectivity index (χ3v) is 2.66. The van der Waals surface area contributed by atoms with Gasteiger partial charge in [0.15, 0.2) is 0 Å². The van der Waals surface area contributed by atoms with Crippen molar-refractivity contribution >= 4 is 0 Å². The quantitative estimate of drug-likeness (QED) is 0.686. The van der Waals surface area contributed by atoms with Gasteiger partial charge >= 0.3 is 6.18 Å². The molecule has 1 aliphatic rings. The second kappa shape index (κ2) is 4.24. The highest BCUT2D eigenvalue weighted by Gasteiger charge is 2.36. The van der Waals surface area contributed by atoms with Gasteiger partial charge in [-0.1, -0.05) is 13.5 Å². The van der Waals surface area contributed by atoms with Gasteiger partial charge in [-0.05, 0) is 19.3 Å². The lowest BCUT2D eigenvalue weighted by atomic mass is 10.1. The number of hydrogen-bond donors (Lipinski definition) is 0. The fraction of sp³-hybridized carbons (Fsp3) is 0.800. The molecule has 1 fully saturated rings. The molecule has 0 aromatic rings. The summed E-state index contributed by atoms with van der Waals surface area (Å²) < 4.78 is 36.6. The van der Waals surface area contributed by atoms with E-state index in [0.717, 1.165) is 25.1 Å². The molecule has 0 aromatic carbocycles. The standard InChI is InChI=1S/C10H16F3N/c1-3-8(2)14-6-4-5-9(14)7-10(11,12)13/h9H,2-7H2,1H3/t9-/m1/s1. The lowest BCUT2D eigenvalue weighted by Crippen LogP contribution is -2.32. The monoisotopic (exact) mass is 207 g/mol. The van der Waals surface area contributed by atoms with Crippen LogP contribution in [0, 0.1) is 0 Å². The first-order chi connectivity index (χ1) is 6.44. The summed E-state index contributed by atoms with van der Waals surface area (Å²) in [7, 11) is 0. The summed E-state index contributed by atoms with van der Waals surface area (Å²) >= 11 is 0.